The molecule has 21 heavy (non-hydrogen) atoms. The van der Waals surface area contributed by atoms with Crippen molar-refractivity contribution < 1.29 is 9.53 Å². The highest BCUT2D eigenvalue weighted by atomic mass is 16.5. The van der Waals surface area contributed by atoms with Gasteiger partial charge in [0, 0.05) is 39.0 Å². The summed E-state index contributed by atoms with van der Waals surface area (Å²) in [6.45, 7) is 8.22. The van der Waals surface area contributed by atoms with E-state index >= 15 is 0 Å². The standard InChI is InChI=1S/C16H27N3O2/c1-4-19(15-7-5-6-14(2)12-15)10-8-18-16(20)13-17-9-11-21-3/h5-7,12,17H,4,8-11,13H2,1-3H3,(H,18,20). The van der Waals surface area contributed by atoms with Gasteiger partial charge in [0.15, 0.2) is 0 Å². The number of likely N-dealkylation sites (N-methyl/N-ethyl adjacent to an activating group) is 1. The van der Waals surface area contributed by atoms with Gasteiger partial charge in [0.05, 0.1) is 13.2 Å². The molecule has 118 valence electrons. The molecule has 0 bridgehead atoms. The van der Waals surface area contributed by atoms with Crippen molar-refractivity contribution in [1.82, 2.24) is 10.6 Å². The molecule has 0 saturated heterocycles. The fraction of sp³-hybridized carbons (Fsp3) is 0.562. The van der Waals surface area contributed by atoms with Crippen LogP contribution in [0.3, 0.4) is 0 Å². The smallest absolute Gasteiger partial charge is 0.234 e. The normalized spacial score (nSPS) is 10.4. The summed E-state index contributed by atoms with van der Waals surface area (Å²) in [6, 6.07) is 8.42. The molecule has 0 spiro atoms. The van der Waals surface area contributed by atoms with E-state index in [4.69, 9.17) is 4.74 Å². The average Bonchev–Trinajstić information content (AvgIpc) is 2.48. The predicted octanol–water partition coefficient (Wildman–Crippen LogP) is 1.17. The number of anilines is 1. The monoisotopic (exact) mass is 293 g/mol. The van der Waals surface area contributed by atoms with E-state index in [-0.39, 0.29) is 5.91 Å². The number of nitrogens with zero attached hydrogens (tertiary/aromatic N) is 1. The molecule has 0 aliphatic heterocycles. The number of amides is 1. The largest absolute Gasteiger partial charge is 0.383 e. The molecule has 0 unspecified atom stereocenters. The number of nitrogens with one attached hydrogen (secondary N) is 2. The third kappa shape index (κ3) is 7.11. The second-order valence-electron chi connectivity index (χ2n) is 4.94. The van der Waals surface area contributed by atoms with E-state index in [1.165, 1.54) is 11.3 Å². The number of methoxy groups -OCH3 is 1. The number of benzene rings is 1. The Morgan fingerprint density at radius 1 is 1.33 bits per heavy atom. The lowest BCUT2D eigenvalue weighted by Gasteiger charge is -2.23. The number of aryl methyl sites for hydroxylation is 1. The molecule has 1 rings (SSSR count). The molecule has 0 heterocycles. The van der Waals surface area contributed by atoms with Gasteiger partial charge in [-0.15, -0.1) is 0 Å². The van der Waals surface area contributed by atoms with Gasteiger partial charge in [-0.25, -0.2) is 0 Å². The molecule has 0 radical (unpaired) electrons. The van der Waals surface area contributed by atoms with Crippen molar-refractivity contribution in [1.29, 1.82) is 0 Å². The third-order valence-electron chi connectivity index (χ3n) is 3.22. The Kier molecular flexibility index (Phi) is 8.47. The minimum absolute atomic E-state index is 0.0198. The van der Waals surface area contributed by atoms with E-state index in [2.05, 4.69) is 53.6 Å². The van der Waals surface area contributed by atoms with Crippen LogP contribution in [0.15, 0.2) is 24.3 Å². The minimum Gasteiger partial charge on any atom is -0.383 e. The zero-order valence-electron chi connectivity index (χ0n) is 13.3. The van der Waals surface area contributed by atoms with E-state index in [1.54, 1.807) is 7.11 Å². The Labute approximate surface area is 127 Å². The maximum absolute atomic E-state index is 11.6. The molecule has 1 aromatic rings. The lowest BCUT2D eigenvalue weighted by molar-refractivity contribution is -0.120. The Hall–Kier alpha value is -1.59. The van der Waals surface area contributed by atoms with Gasteiger partial charge in [-0.05, 0) is 31.5 Å². The topological polar surface area (TPSA) is 53.6 Å². The van der Waals surface area contributed by atoms with Crippen molar-refractivity contribution in [3.8, 4) is 0 Å². The van der Waals surface area contributed by atoms with Crippen LogP contribution in [0.5, 0.6) is 0 Å². The van der Waals surface area contributed by atoms with Crippen LogP contribution in [0.25, 0.3) is 0 Å². The SMILES string of the molecule is CCN(CCNC(=O)CNCCOC)c1cccc(C)c1. The highest BCUT2D eigenvalue weighted by molar-refractivity contribution is 5.78. The van der Waals surface area contributed by atoms with Crippen LogP contribution in [0.4, 0.5) is 5.69 Å². The molecule has 0 aliphatic carbocycles. The Balaban J connectivity index is 2.27. The maximum atomic E-state index is 11.6. The third-order valence-corrected chi connectivity index (χ3v) is 3.22. The molecule has 0 aliphatic rings. The number of ether oxygens (including phenoxy) is 1. The number of rotatable bonds is 10. The molecule has 1 amide bonds. The van der Waals surface area contributed by atoms with Gasteiger partial charge in [-0.3, -0.25) is 4.79 Å². The molecule has 5 heteroatoms. The van der Waals surface area contributed by atoms with Crippen molar-refractivity contribution in [3.63, 3.8) is 0 Å². The first-order valence-electron chi connectivity index (χ1n) is 7.45. The number of hydrogen-bond acceptors (Lipinski definition) is 4. The molecule has 0 aromatic heterocycles. The van der Waals surface area contributed by atoms with E-state index in [1.807, 2.05) is 0 Å². The van der Waals surface area contributed by atoms with Crippen LogP contribution < -0.4 is 15.5 Å². The fourth-order valence-electron chi connectivity index (χ4n) is 2.06. The molecule has 1 aromatic carbocycles. The van der Waals surface area contributed by atoms with Crippen molar-refractivity contribution in [3.05, 3.63) is 29.8 Å². The summed E-state index contributed by atoms with van der Waals surface area (Å²) >= 11 is 0. The summed E-state index contributed by atoms with van der Waals surface area (Å²) in [6.07, 6.45) is 0. The molecule has 2 N–H and O–H groups in total. The zero-order valence-corrected chi connectivity index (χ0v) is 13.3. The molecule has 5 nitrogen and oxygen atoms in total. The van der Waals surface area contributed by atoms with Crippen LogP contribution in [-0.4, -0.2) is 52.3 Å². The van der Waals surface area contributed by atoms with Crippen LogP contribution in [0, 0.1) is 6.92 Å². The Morgan fingerprint density at radius 2 is 2.14 bits per heavy atom. The lowest BCUT2D eigenvalue weighted by Crippen LogP contribution is -2.39. The minimum atomic E-state index is 0.0198. The van der Waals surface area contributed by atoms with Crippen molar-refractivity contribution >= 4 is 11.6 Å². The summed E-state index contributed by atoms with van der Waals surface area (Å²) in [5.41, 5.74) is 2.45. The van der Waals surface area contributed by atoms with Gasteiger partial charge < -0.3 is 20.3 Å². The second-order valence-corrected chi connectivity index (χ2v) is 4.94. The van der Waals surface area contributed by atoms with Gasteiger partial charge in [0.25, 0.3) is 0 Å². The summed E-state index contributed by atoms with van der Waals surface area (Å²) < 4.78 is 4.91. The lowest BCUT2D eigenvalue weighted by atomic mass is 10.2. The van der Waals surface area contributed by atoms with Crippen LogP contribution >= 0.6 is 0 Å². The van der Waals surface area contributed by atoms with Gasteiger partial charge in [-0.2, -0.15) is 0 Å². The van der Waals surface area contributed by atoms with Crippen LogP contribution in [-0.2, 0) is 9.53 Å². The van der Waals surface area contributed by atoms with Gasteiger partial charge in [-0.1, -0.05) is 12.1 Å². The Bertz CT molecular complexity index is 424. The van der Waals surface area contributed by atoms with Crippen LogP contribution in [0.2, 0.25) is 0 Å². The number of carbonyl (C=O) groups is 1. The molecular formula is C16H27N3O2. The van der Waals surface area contributed by atoms with Gasteiger partial charge >= 0.3 is 0 Å². The van der Waals surface area contributed by atoms with E-state index in [0.29, 0.717) is 26.2 Å². The maximum Gasteiger partial charge on any atom is 0.234 e. The summed E-state index contributed by atoms with van der Waals surface area (Å²) in [5.74, 6) is 0.0198. The molecule has 0 saturated carbocycles. The van der Waals surface area contributed by atoms with Crippen LogP contribution in [0.1, 0.15) is 12.5 Å². The highest BCUT2D eigenvalue weighted by Gasteiger charge is 2.05. The van der Waals surface area contributed by atoms with Gasteiger partial charge in [0.1, 0.15) is 0 Å². The second kappa shape index (κ2) is 10.2. The first-order valence-corrected chi connectivity index (χ1v) is 7.45. The van der Waals surface area contributed by atoms with E-state index in [0.717, 1.165) is 13.1 Å². The zero-order chi connectivity index (χ0) is 15.5. The van der Waals surface area contributed by atoms with E-state index in [9.17, 15) is 4.79 Å². The highest BCUT2D eigenvalue weighted by Crippen LogP contribution is 2.14. The fourth-order valence-corrected chi connectivity index (χ4v) is 2.06. The number of carbonyl (C=O) groups excluding carboxylic acids is 1. The molecule has 0 atom stereocenters. The first-order chi connectivity index (χ1) is 10.2. The van der Waals surface area contributed by atoms with Crippen molar-refractivity contribution in [2.75, 3.05) is 51.3 Å². The molecular weight excluding hydrogens is 266 g/mol. The van der Waals surface area contributed by atoms with Gasteiger partial charge in [0.2, 0.25) is 5.91 Å². The quantitative estimate of drug-likeness (QED) is 0.636. The van der Waals surface area contributed by atoms with Crippen molar-refractivity contribution in [2.45, 2.75) is 13.8 Å². The van der Waals surface area contributed by atoms with Crippen molar-refractivity contribution in [2.24, 2.45) is 0 Å². The first kappa shape index (κ1) is 17.5. The summed E-state index contributed by atoms with van der Waals surface area (Å²) in [4.78, 5) is 13.9. The number of hydrogen-bond donors (Lipinski definition) is 2. The summed E-state index contributed by atoms with van der Waals surface area (Å²) in [7, 11) is 1.65. The summed E-state index contributed by atoms with van der Waals surface area (Å²) in [5, 5.41) is 5.95. The molecule has 0 fully saturated rings. The Morgan fingerprint density at radius 3 is 2.81 bits per heavy atom. The predicted molar refractivity (Wildman–Crippen MR) is 86.8 cm³/mol. The average molecular weight is 293 g/mol. The van der Waals surface area contributed by atoms with E-state index < -0.39 is 0 Å².